The molecule has 2 N–H and O–H groups in total. The summed E-state index contributed by atoms with van der Waals surface area (Å²) < 4.78 is 5.20. The molecule has 1 aliphatic rings. The van der Waals surface area contributed by atoms with Gasteiger partial charge in [-0.3, -0.25) is 0 Å². The molecule has 2 rings (SSSR count). The third-order valence-corrected chi connectivity index (χ3v) is 4.61. The van der Waals surface area contributed by atoms with Gasteiger partial charge in [0.2, 0.25) is 5.89 Å². The smallest absolute Gasteiger partial charge is 0.243 e. The second-order valence-electron chi connectivity index (χ2n) is 5.04. The highest BCUT2D eigenvalue weighted by molar-refractivity contribution is 7.99. The molecule has 1 aromatic rings. The molecule has 96 valence electrons. The SMILES string of the molecule is CC(C)[C@@H](N)c1nc(CSC2CCCC2)no1. The predicted octanol–water partition coefficient (Wildman–Crippen LogP) is 2.90. The zero-order valence-corrected chi connectivity index (χ0v) is 11.4. The van der Waals surface area contributed by atoms with Gasteiger partial charge in [-0.25, -0.2) is 0 Å². The highest BCUT2D eigenvalue weighted by Gasteiger charge is 2.20. The van der Waals surface area contributed by atoms with E-state index >= 15 is 0 Å². The number of thioether (sulfide) groups is 1. The Morgan fingerprint density at radius 3 is 2.76 bits per heavy atom. The quantitative estimate of drug-likeness (QED) is 0.876. The van der Waals surface area contributed by atoms with Gasteiger partial charge in [0.15, 0.2) is 5.82 Å². The standard InChI is InChI=1S/C12H21N3OS/c1-8(2)11(13)12-14-10(15-16-12)7-17-9-5-3-4-6-9/h8-9,11H,3-7,13H2,1-2H3/t11-/m1/s1. The van der Waals surface area contributed by atoms with Crippen LogP contribution >= 0.6 is 11.8 Å². The molecule has 1 aliphatic carbocycles. The summed E-state index contributed by atoms with van der Waals surface area (Å²) in [7, 11) is 0. The minimum absolute atomic E-state index is 0.146. The molecular formula is C12H21N3OS. The number of nitrogens with two attached hydrogens (primary N) is 1. The van der Waals surface area contributed by atoms with Crippen LogP contribution in [-0.2, 0) is 5.75 Å². The van der Waals surface area contributed by atoms with E-state index in [1.807, 2.05) is 11.8 Å². The fourth-order valence-electron chi connectivity index (χ4n) is 1.99. The second kappa shape index (κ2) is 5.87. The fraction of sp³-hybridized carbons (Fsp3) is 0.833. The van der Waals surface area contributed by atoms with Gasteiger partial charge in [-0.15, -0.1) is 0 Å². The van der Waals surface area contributed by atoms with Crippen molar-refractivity contribution in [2.24, 2.45) is 11.7 Å². The molecule has 17 heavy (non-hydrogen) atoms. The third-order valence-electron chi connectivity index (χ3n) is 3.24. The summed E-state index contributed by atoms with van der Waals surface area (Å²) in [6, 6.07) is -0.146. The van der Waals surface area contributed by atoms with E-state index in [1.165, 1.54) is 25.7 Å². The molecule has 0 aliphatic heterocycles. The highest BCUT2D eigenvalue weighted by atomic mass is 32.2. The van der Waals surface area contributed by atoms with Crippen LogP contribution in [0.4, 0.5) is 0 Å². The lowest BCUT2D eigenvalue weighted by Gasteiger charge is -2.09. The van der Waals surface area contributed by atoms with Crippen LogP contribution in [0.3, 0.4) is 0 Å². The van der Waals surface area contributed by atoms with Crippen molar-refractivity contribution in [2.75, 3.05) is 0 Å². The molecule has 1 heterocycles. The number of hydrogen-bond acceptors (Lipinski definition) is 5. The van der Waals surface area contributed by atoms with E-state index in [2.05, 4.69) is 24.0 Å². The summed E-state index contributed by atoms with van der Waals surface area (Å²) in [5, 5.41) is 4.78. The summed E-state index contributed by atoms with van der Waals surface area (Å²) in [6.07, 6.45) is 5.41. The molecular weight excluding hydrogens is 234 g/mol. The van der Waals surface area contributed by atoms with Crippen molar-refractivity contribution < 1.29 is 4.52 Å². The van der Waals surface area contributed by atoms with Gasteiger partial charge in [0.05, 0.1) is 11.8 Å². The monoisotopic (exact) mass is 255 g/mol. The van der Waals surface area contributed by atoms with E-state index in [0.717, 1.165) is 16.8 Å². The van der Waals surface area contributed by atoms with Gasteiger partial charge in [-0.2, -0.15) is 16.7 Å². The highest BCUT2D eigenvalue weighted by Crippen LogP contribution is 2.31. The van der Waals surface area contributed by atoms with Crippen LogP contribution in [0.25, 0.3) is 0 Å². The van der Waals surface area contributed by atoms with Gasteiger partial charge in [0.25, 0.3) is 0 Å². The van der Waals surface area contributed by atoms with E-state index in [9.17, 15) is 0 Å². The zero-order valence-electron chi connectivity index (χ0n) is 10.6. The van der Waals surface area contributed by atoms with Crippen LogP contribution in [0.5, 0.6) is 0 Å². The van der Waals surface area contributed by atoms with Crippen LogP contribution in [0, 0.1) is 5.92 Å². The summed E-state index contributed by atoms with van der Waals surface area (Å²) in [4.78, 5) is 4.37. The van der Waals surface area contributed by atoms with Gasteiger partial charge in [0.1, 0.15) is 0 Å². The number of aromatic nitrogens is 2. The van der Waals surface area contributed by atoms with Crippen molar-refractivity contribution in [3.8, 4) is 0 Å². The first-order chi connectivity index (χ1) is 8.16. The van der Waals surface area contributed by atoms with E-state index in [4.69, 9.17) is 10.3 Å². The lowest BCUT2D eigenvalue weighted by atomic mass is 10.1. The first-order valence-electron chi connectivity index (χ1n) is 6.36. The predicted molar refractivity (Wildman–Crippen MR) is 69.6 cm³/mol. The Bertz CT molecular complexity index is 347. The Hall–Kier alpha value is -0.550. The molecule has 1 saturated carbocycles. The van der Waals surface area contributed by atoms with Crippen LogP contribution in [0.15, 0.2) is 4.52 Å². The van der Waals surface area contributed by atoms with Crippen molar-refractivity contribution in [1.82, 2.24) is 10.1 Å². The maximum atomic E-state index is 5.97. The summed E-state index contributed by atoms with van der Waals surface area (Å²) in [5.41, 5.74) is 5.97. The summed E-state index contributed by atoms with van der Waals surface area (Å²) in [6.45, 7) is 4.11. The van der Waals surface area contributed by atoms with Crippen molar-refractivity contribution >= 4 is 11.8 Å². The summed E-state index contributed by atoms with van der Waals surface area (Å²) in [5.74, 6) is 2.53. The topological polar surface area (TPSA) is 64.9 Å². The molecule has 0 bridgehead atoms. The van der Waals surface area contributed by atoms with Gasteiger partial charge in [0, 0.05) is 5.25 Å². The first-order valence-corrected chi connectivity index (χ1v) is 7.41. The molecule has 4 nitrogen and oxygen atoms in total. The van der Waals surface area contributed by atoms with Crippen LogP contribution < -0.4 is 5.73 Å². The second-order valence-corrected chi connectivity index (χ2v) is 6.32. The van der Waals surface area contributed by atoms with E-state index in [0.29, 0.717) is 11.8 Å². The average molecular weight is 255 g/mol. The number of hydrogen-bond donors (Lipinski definition) is 1. The molecule has 5 heteroatoms. The largest absolute Gasteiger partial charge is 0.338 e. The van der Waals surface area contributed by atoms with Gasteiger partial charge in [-0.05, 0) is 18.8 Å². The first kappa shape index (κ1) is 12.9. The molecule has 0 spiro atoms. The molecule has 1 fully saturated rings. The Balaban J connectivity index is 1.85. The molecule has 0 aromatic carbocycles. The van der Waals surface area contributed by atoms with E-state index < -0.39 is 0 Å². The van der Waals surface area contributed by atoms with Crippen LogP contribution in [0.2, 0.25) is 0 Å². The maximum absolute atomic E-state index is 5.97. The Kier molecular flexibility index (Phi) is 4.45. The summed E-state index contributed by atoms with van der Waals surface area (Å²) >= 11 is 1.94. The molecule has 0 unspecified atom stereocenters. The maximum Gasteiger partial charge on any atom is 0.243 e. The molecule has 1 aromatic heterocycles. The molecule has 0 amide bonds. The minimum Gasteiger partial charge on any atom is -0.338 e. The Morgan fingerprint density at radius 2 is 2.12 bits per heavy atom. The molecule has 0 radical (unpaired) electrons. The average Bonchev–Trinajstić information content (AvgIpc) is 2.96. The Morgan fingerprint density at radius 1 is 1.41 bits per heavy atom. The zero-order chi connectivity index (χ0) is 12.3. The van der Waals surface area contributed by atoms with Crippen LogP contribution in [0.1, 0.15) is 57.3 Å². The van der Waals surface area contributed by atoms with Crippen LogP contribution in [-0.4, -0.2) is 15.4 Å². The number of nitrogens with zero attached hydrogens (tertiary/aromatic N) is 2. The molecule has 0 saturated heterocycles. The lowest BCUT2D eigenvalue weighted by molar-refractivity contribution is 0.323. The van der Waals surface area contributed by atoms with Crippen molar-refractivity contribution in [2.45, 2.75) is 56.6 Å². The normalized spacial score (nSPS) is 19.1. The van der Waals surface area contributed by atoms with Gasteiger partial charge in [-0.1, -0.05) is 31.8 Å². The van der Waals surface area contributed by atoms with Crippen molar-refractivity contribution in [3.05, 3.63) is 11.7 Å². The number of rotatable bonds is 5. The Labute approximate surface area is 107 Å². The van der Waals surface area contributed by atoms with E-state index in [-0.39, 0.29) is 6.04 Å². The van der Waals surface area contributed by atoms with Crippen molar-refractivity contribution in [1.29, 1.82) is 0 Å². The minimum atomic E-state index is -0.146. The van der Waals surface area contributed by atoms with E-state index in [1.54, 1.807) is 0 Å². The van der Waals surface area contributed by atoms with Gasteiger partial charge >= 0.3 is 0 Å². The van der Waals surface area contributed by atoms with Gasteiger partial charge < -0.3 is 10.3 Å². The molecule has 1 atom stereocenters. The lowest BCUT2D eigenvalue weighted by Crippen LogP contribution is -2.17. The fourth-order valence-corrected chi connectivity index (χ4v) is 3.16. The van der Waals surface area contributed by atoms with Crippen molar-refractivity contribution in [3.63, 3.8) is 0 Å². The third kappa shape index (κ3) is 3.45.